The maximum atomic E-state index is 5.16. The van der Waals surface area contributed by atoms with Gasteiger partial charge in [-0.3, -0.25) is 0 Å². The van der Waals surface area contributed by atoms with Gasteiger partial charge in [0.2, 0.25) is 0 Å². The molecule has 0 amide bonds. The molecule has 1 fully saturated rings. The van der Waals surface area contributed by atoms with E-state index in [1.165, 1.54) is 38.6 Å². The maximum absolute atomic E-state index is 5.16. The summed E-state index contributed by atoms with van der Waals surface area (Å²) >= 11 is 0. The smallest absolute Gasteiger partial charge is 0.0464 e. The molecule has 0 aromatic carbocycles. The third-order valence-corrected chi connectivity index (χ3v) is 3.49. The molecule has 0 aromatic heterocycles. The molecule has 1 aliphatic rings. The van der Waals surface area contributed by atoms with Gasteiger partial charge >= 0.3 is 0 Å². The first kappa shape index (κ1) is 13.0. The van der Waals surface area contributed by atoms with Crippen molar-refractivity contribution < 1.29 is 4.74 Å². The molecule has 1 rings (SSSR count). The second-order valence-corrected chi connectivity index (χ2v) is 4.99. The molecule has 0 heterocycles. The van der Waals surface area contributed by atoms with Crippen LogP contribution in [0.3, 0.4) is 0 Å². The summed E-state index contributed by atoms with van der Waals surface area (Å²) in [7, 11) is 1.80. The van der Waals surface area contributed by atoms with E-state index in [1.807, 2.05) is 0 Å². The Morgan fingerprint density at radius 1 is 1.33 bits per heavy atom. The van der Waals surface area contributed by atoms with Crippen molar-refractivity contribution in [3.63, 3.8) is 0 Å². The van der Waals surface area contributed by atoms with Crippen molar-refractivity contribution in [1.82, 2.24) is 5.32 Å². The highest BCUT2D eigenvalue weighted by atomic mass is 16.5. The van der Waals surface area contributed by atoms with Crippen LogP contribution in [0.5, 0.6) is 0 Å². The Hall–Kier alpha value is -0.0800. The van der Waals surface area contributed by atoms with Crippen LogP contribution in [0.15, 0.2) is 0 Å². The van der Waals surface area contributed by atoms with Crippen LogP contribution in [0.2, 0.25) is 0 Å². The average Bonchev–Trinajstić information content (AvgIpc) is 3.04. The molecule has 0 spiro atoms. The Morgan fingerprint density at radius 2 is 2.07 bits per heavy atom. The highest BCUT2D eigenvalue weighted by molar-refractivity contribution is 4.82. The zero-order valence-corrected chi connectivity index (χ0v) is 10.6. The van der Waals surface area contributed by atoms with Crippen molar-refractivity contribution in [2.75, 3.05) is 20.3 Å². The lowest BCUT2D eigenvalue weighted by Crippen LogP contribution is -2.29. The lowest BCUT2D eigenvalue weighted by Gasteiger charge is -2.24. The van der Waals surface area contributed by atoms with E-state index in [-0.39, 0.29) is 0 Å². The van der Waals surface area contributed by atoms with Gasteiger partial charge in [0.25, 0.3) is 0 Å². The molecule has 90 valence electrons. The van der Waals surface area contributed by atoms with E-state index in [9.17, 15) is 0 Å². The fourth-order valence-electron chi connectivity index (χ4n) is 2.10. The molecular weight excluding hydrogens is 186 g/mol. The summed E-state index contributed by atoms with van der Waals surface area (Å²) in [5.41, 5.74) is 0. The summed E-state index contributed by atoms with van der Waals surface area (Å²) in [5, 5.41) is 3.66. The number of rotatable bonds is 9. The topological polar surface area (TPSA) is 21.3 Å². The highest BCUT2D eigenvalue weighted by Crippen LogP contribution is 2.23. The molecule has 0 radical (unpaired) electrons. The Balaban J connectivity index is 2.19. The Bertz CT molecular complexity index is 157. The first-order valence-corrected chi connectivity index (χ1v) is 6.50. The molecule has 1 saturated carbocycles. The second-order valence-electron chi connectivity index (χ2n) is 4.99. The molecule has 2 nitrogen and oxygen atoms in total. The van der Waals surface area contributed by atoms with Crippen molar-refractivity contribution in [3.8, 4) is 0 Å². The van der Waals surface area contributed by atoms with E-state index in [0.29, 0.717) is 0 Å². The first-order chi connectivity index (χ1) is 7.27. The minimum Gasteiger partial charge on any atom is -0.385 e. The summed E-state index contributed by atoms with van der Waals surface area (Å²) in [4.78, 5) is 0. The lowest BCUT2D eigenvalue weighted by atomic mass is 9.87. The normalized spacial score (nSPS) is 20.2. The summed E-state index contributed by atoms with van der Waals surface area (Å²) in [6.45, 7) is 6.77. The summed E-state index contributed by atoms with van der Waals surface area (Å²) in [6.07, 6.45) is 6.64. The van der Waals surface area contributed by atoms with Gasteiger partial charge in [0, 0.05) is 19.8 Å². The van der Waals surface area contributed by atoms with Gasteiger partial charge in [-0.05, 0) is 44.1 Å². The van der Waals surface area contributed by atoms with Crippen molar-refractivity contribution in [3.05, 3.63) is 0 Å². The average molecular weight is 213 g/mol. The van der Waals surface area contributed by atoms with Gasteiger partial charge in [0.15, 0.2) is 0 Å². The standard InChI is InChI=1S/C13H27NO/c1-4-5-12(10-14-13-6-7-13)11(2)8-9-15-3/h11-14H,4-10H2,1-3H3. The predicted molar refractivity (Wildman–Crippen MR) is 65.1 cm³/mol. The Kier molecular flexibility index (Phi) is 6.26. The van der Waals surface area contributed by atoms with E-state index in [2.05, 4.69) is 19.2 Å². The van der Waals surface area contributed by atoms with Crippen molar-refractivity contribution in [1.29, 1.82) is 0 Å². The molecule has 0 saturated heterocycles. The first-order valence-electron chi connectivity index (χ1n) is 6.50. The molecule has 0 aliphatic heterocycles. The highest BCUT2D eigenvalue weighted by Gasteiger charge is 2.23. The molecule has 1 N–H and O–H groups in total. The summed E-state index contributed by atoms with van der Waals surface area (Å²) in [6, 6.07) is 0.846. The number of ether oxygens (including phenoxy) is 1. The number of methoxy groups -OCH3 is 1. The Morgan fingerprint density at radius 3 is 2.60 bits per heavy atom. The van der Waals surface area contributed by atoms with Crippen LogP contribution in [0, 0.1) is 11.8 Å². The predicted octanol–water partition coefficient (Wildman–Crippen LogP) is 2.83. The van der Waals surface area contributed by atoms with Crippen molar-refractivity contribution >= 4 is 0 Å². The molecular formula is C13H27NO. The van der Waals surface area contributed by atoms with Crippen LogP contribution in [0.4, 0.5) is 0 Å². The van der Waals surface area contributed by atoms with Gasteiger partial charge in [-0.25, -0.2) is 0 Å². The minimum absolute atomic E-state index is 0.788. The van der Waals surface area contributed by atoms with Crippen LogP contribution in [-0.4, -0.2) is 26.3 Å². The van der Waals surface area contributed by atoms with Crippen LogP contribution in [0.25, 0.3) is 0 Å². The van der Waals surface area contributed by atoms with Gasteiger partial charge in [0.05, 0.1) is 0 Å². The monoisotopic (exact) mass is 213 g/mol. The van der Waals surface area contributed by atoms with Crippen LogP contribution in [0.1, 0.15) is 46.0 Å². The molecule has 1 aliphatic carbocycles. The lowest BCUT2D eigenvalue weighted by molar-refractivity contribution is 0.161. The van der Waals surface area contributed by atoms with E-state index >= 15 is 0 Å². The molecule has 2 heteroatoms. The van der Waals surface area contributed by atoms with Crippen molar-refractivity contribution in [2.45, 2.75) is 52.0 Å². The van der Waals surface area contributed by atoms with E-state index in [4.69, 9.17) is 4.74 Å². The fraction of sp³-hybridized carbons (Fsp3) is 1.00. The van der Waals surface area contributed by atoms with Crippen LogP contribution in [-0.2, 0) is 4.74 Å². The Labute approximate surface area is 94.8 Å². The molecule has 2 atom stereocenters. The summed E-state index contributed by atoms with van der Waals surface area (Å²) in [5.74, 6) is 1.63. The van der Waals surface area contributed by atoms with Crippen LogP contribution >= 0.6 is 0 Å². The third kappa shape index (κ3) is 5.53. The number of hydrogen-bond acceptors (Lipinski definition) is 2. The molecule has 0 aromatic rings. The van der Waals surface area contributed by atoms with Gasteiger partial charge < -0.3 is 10.1 Å². The maximum Gasteiger partial charge on any atom is 0.0464 e. The minimum atomic E-state index is 0.788. The zero-order valence-electron chi connectivity index (χ0n) is 10.6. The fourth-order valence-corrected chi connectivity index (χ4v) is 2.10. The number of nitrogens with one attached hydrogen (secondary N) is 1. The summed E-state index contributed by atoms with van der Waals surface area (Å²) < 4.78 is 5.16. The van der Waals surface area contributed by atoms with Gasteiger partial charge in [-0.2, -0.15) is 0 Å². The van der Waals surface area contributed by atoms with E-state index in [1.54, 1.807) is 7.11 Å². The largest absolute Gasteiger partial charge is 0.385 e. The zero-order chi connectivity index (χ0) is 11.1. The molecule has 2 unspecified atom stereocenters. The number of hydrogen-bond donors (Lipinski definition) is 1. The van der Waals surface area contributed by atoms with Crippen LogP contribution < -0.4 is 5.32 Å². The van der Waals surface area contributed by atoms with Crippen molar-refractivity contribution in [2.24, 2.45) is 11.8 Å². The van der Waals surface area contributed by atoms with Gasteiger partial charge in [0.1, 0.15) is 0 Å². The molecule has 0 bridgehead atoms. The SMILES string of the molecule is CCCC(CNC1CC1)C(C)CCOC. The second kappa shape index (κ2) is 7.24. The van der Waals surface area contributed by atoms with E-state index in [0.717, 1.165) is 24.5 Å². The van der Waals surface area contributed by atoms with Gasteiger partial charge in [-0.15, -0.1) is 0 Å². The third-order valence-electron chi connectivity index (χ3n) is 3.49. The van der Waals surface area contributed by atoms with Gasteiger partial charge in [-0.1, -0.05) is 20.3 Å². The molecule has 15 heavy (non-hydrogen) atoms. The van der Waals surface area contributed by atoms with E-state index < -0.39 is 0 Å². The quantitative estimate of drug-likeness (QED) is 0.636.